The van der Waals surface area contributed by atoms with Crippen molar-refractivity contribution in [2.45, 2.75) is 0 Å². The zero-order chi connectivity index (χ0) is 18.8. The minimum atomic E-state index is 0.0275. The number of aromatic amines is 1. The Morgan fingerprint density at radius 2 is 2.00 bits per heavy atom. The maximum atomic E-state index is 12.9. The standard InChI is InChI=1S/C20H23N5O2/c1-21-17-4-3-7-22-19(17)24-8-10-25(11-9-24)20(26)18-13-14-12-15(27-2)5-6-16(14)23-18/h3-7,12-13,21,23H,8-11H2,1-2H3. The number of hydrogen-bond acceptors (Lipinski definition) is 5. The Balaban J connectivity index is 1.47. The second-order valence-electron chi connectivity index (χ2n) is 6.54. The molecular weight excluding hydrogens is 342 g/mol. The van der Waals surface area contributed by atoms with Crippen molar-refractivity contribution in [1.82, 2.24) is 14.9 Å². The van der Waals surface area contributed by atoms with Gasteiger partial charge < -0.3 is 24.8 Å². The normalized spacial score (nSPS) is 14.4. The van der Waals surface area contributed by atoms with Gasteiger partial charge in [0.2, 0.25) is 0 Å². The molecular formula is C20H23N5O2. The highest BCUT2D eigenvalue weighted by Gasteiger charge is 2.25. The van der Waals surface area contributed by atoms with Crippen molar-refractivity contribution in [2.75, 3.05) is 50.6 Å². The smallest absolute Gasteiger partial charge is 0.270 e. The first-order chi connectivity index (χ1) is 13.2. The number of anilines is 2. The quantitative estimate of drug-likeness (QED) is 0.743. The number of carbonyl (C=O) groups excluding carboxylic acids is 1. The molecule has 0 unspecified atom stereocenters. The number of nitrogens with one attached hydrogen (secondary N) is 2. The van der Waals surface area contributed by atoms with Gasteiger partial charge in [-0.25, -0.2) is 4.98 Å². The Kier molecular flexibility index (Phi) is 4.58. The van der Waals surface area contributed by atoms with Crippen LogP contribution in [-0.2, 0) is 0 Å². The van der Waals surface area contributed by atoms with Crippen LogP contribution < -0.4 is 15.0 Å². The summed E-state index contributed by atoms with van der Waals surface area (Å²) in [6, 6.07) is 11.6. The molecule has 1 aliphatic heterocycles. The Morgan fingerprint density at radius 3 is 2.74 bits per heavy atom. The second-order valence-corrected chi connectivity index (χ2v) is 6.54. The van der Waals surface area contributed by atoms with E-state index >= 15 is 0 Å². The van der Waals surface area contributed by atoms with E-state index in [1.807, 2.05) is 48.3 Å². The van der Waals surface area contributed by atoms with Crippen LogP contribution in [0.25, 0.3) is 10.9 Å². The van der Waals surface area contributed by atoms with E-state index in [4.69, 9.17) is 4.74 Å². The third-order valence-corrected chi connectivity index (χ3v) is 4.98. The number of ether oxygens (including phenoxy) is 1. The van der Waals surface area contributed by atoms with E-state index in [-0.39, 0.29) is 5.91 Å². The monoisotopic (exact) mass is 365 g/mol. The fraction of sp³-hybridized carbons (Fsp3) is 0.300. The van der Waals surface area contributed by atoms with E-state index in [1.54, 1.807) is 13.3 Å². The number of fused-ring (bicyclic) bond motifs is 1. The molecule has 7 heteroatoms. The van der Waals surface area contributed by atoms with Crippen LogP contribution in [0.15, 0.2) is 42.6 Å². The van der Waals surface area contributed by atoms with Gasteiger partial charge in [0.25, 0.3) is 5.91 Å². The number of methoxy groups -OCH3 is 1. The number of nitrogens with zero attached hydrogens (tertiary/aromatic N) is 3. The SMILES string of the molecule is CNc1cccnc1N1CCN(C(=O)c2cc3cc(OC)ccc3[nH]2)CC1. The predicted octanol–water partition coefficient (Wildman–Crippen LogP) is 2.58. The number of carbonyl (C=O) groups is 1. The minimum absolute atomic E-state index is 0.0275. The third-order valence-electron chi connectivity index (χ3n) is 4.98. The highest BCUT2D eigenvalue weighted by Crippen LogP contribution is 2.25. The number of aromatic nitrogens is 2. The molecule has 7 nitrogen and oxygen atoms in total. The van der Waals surface area contributed by atoms with Crippen LogP contribution in [0.2, 0.25) is 0 Å². The molecule has 0 saturated carbocycles. The van der Waals surface area contributed by atoms with Gasteiger partial charge in [0.05, 0.1) is 12.8 Å². The second kappa shape index (κ2) is 7.19. The molecule has 3 heterocycles. The van der Waals surface area contributed by atoms with Gasteiger partial charge in [0, 0.05) is 50.3 Å². The Bertz CT molecular complexity index is 960. The fourth-order valence-corrected chi connectivity index (χ4v) is 3.49. The summed E-state index contributed by atoms with van der Waals surface area (Å²) in [5.74, 6) is 1.74. The molecule has 0 atom stereocenters. The van der Waals surface area contributed by atoms with Crippen LogP contribution >= 0.6 is 0 Å². The summed E-state index contributed by atoms with van der Waals surface area (Å²) >= 11 is 0. The van der Waals surface area contributed by atoms with Crippen molar-refractivity contribution >= 4 is 28.3 Å². The lowest BCUT2D eigenvalue weighted by molar-refractivity contribution is 0.0741. The molecule has 0 radical (unpaired) electrons. The highest BCUT2D eigenvalue weighted by atomic mass is 16.5. The molecule has 0 spiro atoms. The van der Waals surface area contributed by atoms with Gasteiger partial charge in [-0.2, -0.15) is 0 Å². The van der Waals surface area contributed by atoms with Gasteiger partial charge in [-0.15, -0.1) is 0 Å². The molecule has 0 bridgehead atoms. The fourth-order valence-electron chi connectivity index (χ4n) is 3.49. The summed E-state index contributed by atoms with van der Waals surface area (Å²) in [5, 5.41) is 4.15. The first kappa shape index (κ1) is 17.2. The molecule has 27 heavy (non-hydrogen) atoms. The molecule has 1 amide bonds. The molecule has 1 aromatic carbocycles. The summed E-state index contributed by atoms with van der Waals surface area (Å²) in [6.45, 7) is 2.84. The van der Waals surface area contributed by atoms with Gasteiger partial charge in [-0.1, -0.05) is 0 Å². The molecule has 140 valence electrons. The molecule has 1 saturated heterocycles. The largest absolute Gasteiger partial charge is 0.497 e. The Morgan fingerprint density at radius 1 is 1.19 bits per heavy atom. The molecule has 0 aliphatic carbocycles. The zero-order valence-electron chi connectivity index (χ0n) is 15.5. The van der Waals surface area contributed by atoms with Crippen LogP contribution in [-0.4, -0.2) is 61.1 Å². The predicted molar refractivity (Wildman–Crippen MR) is 107 cm³/mol. The molecule has 3 aromatic rings. The molecule has 1 aliphatic rings. The molecule has 2 N–H and O–H groups in total. The number of pyridine rings is 1. The number of rotatable bonds is 4. The van der Waals surface area contributed by atoms with E-state index < -0.39 is 0 Å². The van der Waals surface area contributed by atoms with E-state index in [2.05, 4.69) is 20.2 Å². The summed E-state index contributed by atoms with van der Waals surface area (Å²) < 4.78 is 5.26. The Hall–Kier alpha value is -3.22. The summed E-state index contributed by atoms with van der Waals surface area (Å²) in [7, 11) is 3.53. The summed E-state index contributed by atoms with van der Waals surface area (Å²) in [4.78, 5) is 24.7. The van der Waals surface area contributed by atoms with E-state index in [1.165, 1.54) is 0 Å². The van der Waals surface area contributed by atoms with Gasteiger partial charge in [0.1, 0.15) is 11.4 Å². The van der Waals surface area contributed by atoms with E-state index in [9.17, 15) is 4.79 Å². The lowest BCUT2D eigenvalue weighted by atomic mass is 10.2. The summed E-state index contributed by atoms with van der Waals surface area (Å²) in [5.41, 5.74) is 2.55. The van der Waals surface area contributed by atoms with Crippen LogP contribution in [0.3, 0.4) is 0 Å². The number of H-pyrrole nitrogens is 1. The molecule has 1 fully saturated rings. The average Bonchev–Trinajstić information content (AvgIpc) is 3.16. The minimum Gasteiger partial charge on any atom is -0.497 e. The zero-order valence-corrected chi connectivity index (χ0v) is 15.5. The third kappa shape index (κ3) is 3.28. The topological polar surface area (TPSA) is 73.5 Å². The van der Waals surface area contributed by atoms with Crippen molar-refractivity contribution in [3.8, 4) is 5.75 Å². The van der Waals surface area contributed by atoms with E-state index in [0.29, 0.717) is 18.8 Å². The number of benzene rings is 1. The number of hydrogen-bond donors (Lipinski definition) is 2. The van der Waals surface area contributed by atoms with Gasteiger partial charge >= 0.3 is 0 Å². The van der Waals surface area contributed by atoms with Crippen LogP contribution in [0, 0.1) is 0 Å². The van der Waals surface area contributed by atoms with E-state index in [0.717, 1.165) is 41.2 Å². The van der Waals surface area contributed by atoms with Crippen molar-refractivity contribution in [3.63, 3.8) is 0 Å². The summed E-state index contributed by atoms with van der Waals surface area (Å²) in [6.07, 6.45) is 1.80. The van der Waals surface area contributed by atoms with Crippen molar-refractivity contribution in [1.29, 1.82) is 0 Å². The van der Waals surface area contributed by atoms with Crippen molar-refractivity contribution in [3.05, 3.63) is 48.3 Å². The molecule has 2 aromatic heterocycles. The van der Waals surface area contributed by atoms with Crippen LogP contribution in [0.4, 0.5) is 11.5 Å². The maximum absolute atomic E-state index is 12.9. The highest BCUT2D eigenvalue weighted by molar-refractivity contribution is 5.98. The average molecular weight is 365 g/mol. The lowest BCUT2D eigenvalue weighted by Gasteiger charge is -2.35. The van der Waals surface area contributed by atoms with Crippen LogP contribution in [0.5, 0.6) is 5.75 Å². The van der Waals surface area contributed by atoms with Crippen LogP contribution in [0.1, 0.15) is 10.5 Å². The van der Waals surface area contributed by atoms with Gasteiger partial charge in [-0.3, -0.25) is 4.79 Å². The van der Waals surface area contributed by atoms with Gasteiger partial charge in [-0.05, 0) is 36.4 Å². The Labute approximate surface area is 157 Å². The van der Waals surface area contributed by atoms with Crippen molar-refractivity contribution < 1.29 is 9.53 Å². The first-order valence-corrected chi connectivity index (χ1v) is 9.03. The first-order valence-electron chi connectivity index (χ1n) is 9.03. The lowest BCUT2D eigenvalue weighted by Crippen LogP contribution is -2.49. The van der Waals surface area contributed by atoms with Gasteiger partial charge in [0.15, 0.2) is 5.82 Å². The molecule has 4 rings (SSSR count). The number of piperazine rings is 1. The maximum Gasteiger partial charge on any atom is 0.270 e. The number of amides is 1. The van der Waals surface area contributed by atoms with Crippen molar-refractivity contribution in [2.24, 2.45) is 0 Å².